The van der Waals surface area contributed by atoms with Crippen molar-refractivity contribution in [3.8, 4) is 33.4 Å². The van der Waals surface area contributed by atoms with Gasteiger partial charge in [0.05, 0.1) is 5.54 Å². The summed E-state index contributed by atoms with van der Waals surface area (Å²) in [6.45, 7) is 3.99. The van der Waals surface area contributed by atoms with E-state index in [-0.39, 0.29) is 0 Å². The van der Waals surface area contributed by atoms with Crippen molar-refractivity contribution in [2.45, 2.75) is 50.5 Å². The fourth-order valence-electron chi connectivity index (χ4n) is 12.5. The summed E-state index contributed by atoms with van der Waals surface area (Å²) in [4.78, 5) is 1.42. The Kier molecular flexibility index (Phi) is 7.62. The first-order valence-corrected chi connectivity index (χ1v) is 22.0. The molecule has 1 fully saturated rings. The summed E-state index contributed by atoms with van der Waals surface area (Å²) in [5.74, 6) is -9.66. The van der Waals surface area contributed by atoms with Gasteiger partial charge in [0.25, 0.3) is 0 Å². The van der Waals surface area contributed by atoms with Crippen LogP contribution in [-0.4, -0.2) is 5.54 Å². The summed E-state index contributed by atoms with van der Waals surface area (Å²) >= 11 is 0. The van der Waals surface area contributed by atoms with E-state index in [4.69, 9.17) is 0 Å². The van der Waals surface area contributed by atoms with Gasteiger partial charge in [-0.2, -0.15) is 0 Å². The number of halogens is 5. The Hall–Kier alpha value is -7.05. The summed E-state index contributed by atoms with van der Waals surface area (Å²) in [5.41, 5.74) is 5.40. The molecule has 0 bridgehead atoms. The summed E-state index contributed by atoms with van der Waals surface area (Å²) < 4.78 is 75.9. The Morgan fingerprint density at radius 1 is 0.422 bits per heavy atom. The molecule has 0 saturated heterocycles. The number of rotatable bonds is 4. The van der Waals surface area contributed by atoms with E-state index in [1.54, 1.807) is 0 Å². The third kappa shape index (κ3) is 4.58. The smallest absolute Gasteiger partial charge is 0.200 e. The Morgan fingerprint density at radius 3 is 1.52 bits per heavy atom. The van der Waals surface area contributed by atoms with Gasteiger partial charge in [-0.15, -0.1) is 0 Å². The van der Waals surface area contributed by atoms with E-state index in [1.807, 2.05) is 19.1 Å². The van der Waals surface area contributed by atoms with Gasteiger partial charge in [-0.1, -0.05) is 153 Å². The molecule has 1 nitrogen and oxygen atoms in total. The maximum atomic E-state index is 15.8. The molecular weight excluding hydrogens is 806 g/mol. The third-order valence-electron chi connectivity index (χ3n) is 15.5. The molecule has 310 valence electrons. The van der Waals surface area contributed by atoms with Gasteiger partial charge in [-0.25, -0.2) is 22.0 Å². The molecule has 1 aliphatic carbocycles. The van der Waals surface area contributed by atoms with Crippen LogP contribution in [0.3, 0.4) is 0 Å². The standard InChI is InChI=1S/C58H38F5N/c1-57-28-9-10-29-58(57,2)64(56-54(62)52(60)51(59)53(61)55(56)63)42-27-24-34(30-41(42)57)35-25-26-40-46-36(35)20-13-23-39(46)49-44(32-14-5-3-6-15-32)47-37-21-11-18-31-19-12-22-38(43(31)37)48(47)45(50(40)49)33-16-7-4-8-17-33/h3-8,11-27,30H,9-10,28-29H2,1-2H3. The van der Waals surface area contributed by atoms with Gasteiger partial charge in [0.15, 0.2) is 23.3 Å². The number of anilines is 2. The lowest BCUT2D eigenvalue weighted by molar-refractivity contribution is 0.192. The highest BCUT2D eigenvalue weighted by Crippen LogP contribution is 2.63. The van der Waals surface area contributed by atoms with Gasteiger partial charge < -0.3 is 4.90 Å². The van der Waals surface area contributed by atoms with Crippen molar-refractivity contribution < 1.29 is 22.0 Å². The lowest BCUT2D eigenvalue weighted by atomic mass is 9.61. The number of hydrogen-bond acceptors (Lipinski definition) is 1. The minimum absolute atomic E-state index is 0.460. The first-order chi connectivity index (χ1) is 31.1. The molecule has 6 heteroatoms. The van der Waals surface area contributed by atoms with Crippen LogP contribution in [0.2, 0.25) is 0 Å². The average Bonchev–Trinajstić information content (AvgIpc) is 3.91. The van der Waals surface area contributed by atoms with E-state index in [2.05, 4.69) is 140 Å². The Labute approximate surface area is 365 Å². The highest BCUT2D eigenvalue weighted by Gasteiger charge is 2.59. The quantitative estimate of drug-likeness (QED) is 0.0969. The molecule has 0 amide bonds. The van der Waals surface area contributed by atoms with Gasteiger partial charge in [-0.05, 0) is 135 Å². The summed E-state index contributed by atoms with van der Waals surface area (Å²) in [6, 6.07) is 51.6. The second kappa shape index (κ2) is 13.0. The topological polar surface area (TPSA) is 3.24 Å². The predicted octanol–water partition coefficient (Wildman–Crippen LogP) is 16.9. The Balaban J connectivity index is 1.13. The lowest BCUT2D eigenvalue weighted by Gasteiger charge is -2.50. The minimum atomic E-state index is -2.15. The molecule has 0 N–H and O–H groups in total. The minimum Gasteiger partial charge on any atom is -0.329 e. The zero-order chi connectivity index (χ0) is 43.4. The van der Waals surface area contributed by atoms with Crippen molar-refractivity contribution in [2.24, 2.45) is 0 Å². The lowest BCUT2D eigenvalue weighted by Crippen LogP contribution is -2.55. The molecule has 11 aromatic rings. The summed E-state index contributed by atoms with van der Waals surface area (Å²) in [5, 5.41) is 14.3. The van der Waals surface area contributed by atoms with Crippen molar-refractivity contribution >= 4 is 76.0 Å². The van der Waals surface area contributed by atoms with Crippen LogP contribution in [0.1, 0.15) is 45.1 Å². The summed E-state index contributed by atoms with van der Waals surface area (Å²) in [7, 11) is 0. The maximum absolute atomic E-state index is 15.8. The van der Waals surface area contributed by atoms with Crippen molar-refractivity contribution in [1.82, 2.24) is 0 Å². The predicted molar refractivity (Wildman–Crippen MR) is 253 cm³/mol. The first kappa shape index (κ1) is 37.5. The fraction of sp³-hybridized carbons (Fsp3) is 0.138. The molecule has 64 heavy (non-hydrogen) atoms. The highest BCUT2D eigenvalue weighted by atomic mass is 19.2. The highest BCUT2D eigenvalue weighted by molar-refractivity contribution is 6.46. The molecule has 11 aromatic carbocycles. The van der Waals surface area contributed by atoms with Crippen molar-refractivity contribution in [3.63, 3.8) is 0 Å². The summed E-state index contributed by atoms with van der Waals surface area (Å²) in [6.07, 6.45) is 2.84. The monoisotopic (exact) mass is 843 g/mol. The van der Waals surface area contributed by atoms with Crippen LogP contribution in [0, 0.1) is 29.1 Å². The van der Waals surface area contributed by atoms with Crippen LogP contribution in [0.5, 0.6) is 0 Å². The molecule has 13 rings (SSSR count). The van der Waals surface area contributed by atoms with E-state index in [0.29, 0.717) is 18.5 Å². The average molecular weight is 844 g/mol. The molecule has 2 unspecified atom stereocenters. The molecule has 0 spiro atoms. The number of hydrogen-bond donors (Lipinski definition) is 0. The zero-order valence-corrected chi connectivity index (χ0v) is 35.0. The zero-order valence-electron chi connectivity index (χ0n) is 35.0. The molecule has 0 aromatic heterocycles. The van der Waals surface area contributed by atoms with Crippen molar-refractivity contribution in [3.05, 3.63) is 180 Å². The first-order valence-electron chi connectivity index (χ1n) is 22.0. The maximum Gasteiger partial charge on any atom is 0.200 e. The Bertz CT molecular complexity index is 3610. The Morgan fingerprint density at radius 2 is 0.922 bits per heavy atom. The van der Waals surface area contributed by atoms with Crippen LogP contribution in [-0.2, 0) is 5.41 Å². The van der Waals surface area contributed by atoms with Crippen LogP contribution in [0.15, 0.2) is 146 Å². The number of benzene rings is 9. The number of nitrogens with zero attached hydrogens (tertiary/aromatic N) is 1. The van der Waals surface area contributed by atoms with Crippen molar-refractivity contribution in [1.29, 1.82) is 0 Å². The van der Waals surface area contributed by atoms with Crippen molar-refractivity contribution in [2.75, 3.05) is 4.90 Å². The van der Waals surface area contributed by atoms with Crippen LogP contribution in [0.4, 0.5) is 33.3 Å². The second-order valence-corrected chi connectivity index (χ2v) is 18.4. The SMILES string of the molecule is CC12CCCCC1(C)N(c1c(F)c(F)c(F)c(F)c1F)c1ccc(-c3ccc4c5c(-c6ccccc6)c6c7cccc8cccc(c6c(-c6ccccc6)c5c5cccc3c54)c87)cc12. The molecule has 1 heterocycles. The van der Waals surface area contributed by atoms with E-state index in [1.165, 1.54) is 59.1 Å². The molecule has 2 aliphatic rings. The second-order valence-electron chi connectivity index (χ2n) is 18.4. The number of fused-ring (bicyclic) bond motifs is 9. The van der Waals surface area contributed by atoms with Crippen LogP contribution < -0.4 is 4.90 Å². The largest absolute Gasteiger partial charge is 0.329 e. The fourth-order valence-corrected chi connectivity index (χ4v) is 12.5. The molecule has 2 atom stereocenters. The van der Waals surface area contributed by atoms with Crippen LogP contribution in [0.25, 0.3) is 98.0 Å². The molecular formula is C58H38F5N. The normalized spacial score (nSPS) is 18.7. The van der Waals surface area contributed by atoms with Gasteiger partial charge in [-0.3, -0.25) is 0 Å². The van der Waals surface area contributed by atoms with Gasteiger partial charge in [0.1, 0.15) is 5.69 Å². The van der Waals surface area contributed by atoms with Gasteiger partial charge >= 0.3 is 0 Å². The van der Waals surface area contributed by atoms with Gasteiger partial charge in [0.2, 0.25) is 5.82 Å². The van der Waals surface area contributed by atoms with E-state index < -0.39 is 45.7 Å². The third-order valence-corrected chi connectivity index (χ3v) is 15.5. The van der Waals surface area contributed by atoms with Gasteiger partial charge in [0, 0.05) is 11.1 Å². The van der Waals surface area contributed by atoms with Crippen LogP contribution >= 0.6 is 0 Å². The van der Waals surface area contributed by atoms with E-state index >= 15 is 8.78 Å². The molecule has 1 saturated carbocycles. The molecule has 1 aliphatic heterocycles. The van der Waals surface area contributed by atoms with E-state index in [9.17, 15) is 13.2 Å². The van der Waals surface area contributed by atoms with E-state index in [0.717, 1.165) is 62.2 Å². The molecule has 0 radical (unpaired) electrons.